The van der Waals surface area contributed by atoms with Crippen LogP contribution >= 0.6 is 11.6 Å². The van der Waals surface area contributed by atoms with Crippen molar-refractivity contribution in [2.45, 2.75) is 20.3 Å². The van der Waals surface area contributed by atoms with Gasteiger partial charge in [-0.1, -0.05) is 25.4 Å². The Balaban J connectivity index is 2.46. The predicted octanol–water partition coefficient (Wildman–Crippen LogP) is 1.92. The van der Waals surface area contributed by atoms with Crippen molar-refractivity contribution in [3.63, 3.8) is 0 Å². The summed E-state index contributed by atoms with van der Waals surface area (Å²) >= 11 is 5.68. The SMILES string of the molecule is CC(C)(CCN)CNc1ncc(Cl)cn1. The summed E-state index contributed by atoms with van der Waals surface area (Å²) in [5.41, 5.74) is 5.68. The van der Waals surface area contributed by atoms with E-state index in [1.807, 2.05) is 0 Å². The Morgan fingerprint density at radius 1 is 1.40 bits per heavy atom. The highest BCUT2D eigenvalue weighted by atomic mass is 35.5. The molecule has 0 aromatic carbocycles. The number of aromatic nitrogens is 2. The summed E-state index contributed by atoms with van der Waals surface area (Å²) in [5.74, 6) is 0.601. The van der Waals surface area contributed by atoms with Crippen LogP contribution in [0.3, 0.4) is 0 Å². The third-order valence-electron chi connectivity index (χ3n) is 2.17. The molecule has 5 heteroatoms. The van der Waals surface area contributed by atoms with Crippen LogP contribution in [0.5, 0.6) is 0 Å². The second kappa shape index (κ2) is 5.28. The van der Waals surface area contributed by atoms with E-state index in [0.717, 1.165) is 13.0 Å². The first-order valence-corrected chi connectivity index (χ1v) is 5.33. The minimum atomic E-state index is 0.151. The van der Waals surface area contributed by atoms with E-state index < -0.39 is 0 Å². The lowest BCUT2D eigenvalue weighted by molar-refractivity contribution is 0.364. The average molecular weight is 229 g/mol. The first-order valence-electron chi connectivity index (χ1n) is 4.95. The number of rotatable bonds is 5. The number of nitrogens with one attached hydrogen (secondary N) is 1. The Morgan fingerprint density at radius 3 is 2.53 bits per heavy atom. The van der Waals surface area contributed by atoms with Crippen LogP contribution in [0, 0.1) is 5.41 Å². The van der Waals surface area contributed by atoms with E-state index in [4.69, 9.17) is 17.3 Å². The zero-order valence-corrected chi connectivity index (χ0v) is 9.88. The lowest BCUT2D eigenvalue weighted by Crippen LogP contribution is -2.26. The Morgan fingerprint density at radius 2 is 2.00 bits per heavy atom. The van der Waals surface area contributed by atoms with Gasteiger partial charge in [-0.05, 0) is 18.4 Å². The van der Waals surface area contributed by atoms with Crippen LogP contribution in [-0.2, 0) is 0 Å². The quantitative estimate of drug-likeness (QED) is 0.808. The van der Waals surface area contributed by atoms with Crippen molar-refractivity contribution in [1.82, 2.24) is 9.97 Å². The summed E-state index contributed by atoms with van der Waals surface area (Å²) in [5, 5.41) is 3.70. The largest absolute Gasteiger partial charge is 0.354 e. The van der Waals surface area contributed by atoms with Crippen molar-refractivity contribution in [1.29, 1.82) is 0 Å². The van der Waals surface area contributed by atoms with E-state index in [1.54, 1.807) is 12.4 Å². The van der Waals surface area contributed by atoms with Crippen LogP contribution in [-0.4, -0.2) is 23.1 Å². The van der Waals surface area contributed by atoms with Gasteiger partial charge in [-0.25, -0.2) is 9.97 Å². The molecule has 0 spiro atoms. The van der Waals surface area contributed by atoms with Gasteiger partial charge in [-0.2, -0.15) is 0 Å². The highest BCUT2D eigenvalue weighted by Gasteiger charge is 2.16. The molecule has 3 N–H and O–H groups in total. The van der Waals surface area contributed by atoms with Gasteiger partial charge in [0.25, 0.3) is 0 Å². The van der Waals surface area contributed by atoms with E-state index in [-0.39, 0.29) is 5.41 Å². The van der Waals surface area contributed by atoms with Crippen LogP contribution in [0.15, 0.2) is 12.4 Å². The Hall–Kier alpha value is -0.870. The van der Waals surface area contributed by atoms with Crippen molar-refractivity contribution in [3.05, 3.63) is 17.4 Å². The van der Waals surface area contributed by atoms with Gasteiger partial charge in [-0.3, -0.25) is 0 Å². The van der Waals surface area contributed by atoms with Crippen molar-refractivity contribution < 1.29 is 0 Å². The molecular weight excluding hydrogens is 212 g/mol. The highest BCUT2D eigenvalue weighted by Crippen LogP contribution is 2.19. The fourth-order valence-corrected chi connectivity index (χ4v) is 1.30. The molecule has 1 aromatic rings. The van der Waals surface area contributed by atoms with Crippen LogP contribution in [0.25, 0.3) is 0 Å². The molecule has 0 amide bonds. The van der Waals surface area contributed by atoms with Crippen molar-refractivity contribution >= 4 is 17.5 Å². The standard InChI is InChI=1S/C10H17ClN4/c1-10(2,3-4-12)7-15-9-13-5-8(11)6-14-9/h5-6H,3-4,7,12H2,1-2H3,(H,13,14,15). The van der Waals surface area contributed by atoms with Crippen LogP contribution in [0.4, 0.5) is 5.95 Å². The summed E-state index contributed by atoms with van der Waals surface area (Å²) in [4.78, 5) is 8.11. The zero-order valence-electron chi connectivity index (χ0n) is 9.13. The molecule has 1 heterocycles. The summed E-state index contributed by atoms with van der Waals surface area (Å²) in [7, 11) is 0. The monoisotopic (exact) mass is 228 g/mol. The molecule has 0 aliphatic heterocycles. The average Bonchev–Trinajstić information content (AvgIpc) is 2.17. The first kappa shape index (κ1) is 12.2. The van der Waals surface area contributed by atoms with Crippen molar-refractivity contribution in [2.24, 2.45) is 11.1 Å². The molecule has 0 saturated heterocycles. The highest BCUT2D eigenvalue weighted by molar-refractivity contribution is 6.30. The second-order valence-corrected chi connectivity index (χ2v) is 4.72. The van der Waals surface area contributed by atoms with Gasteiger partial charge < -0.3 is 11.1 Å². The fourth-order valence-electron chi connectivity index (χ4n) is 1.20. The maximum absolute atomic E-state index is 5.68. The molecule has 84 valence electrons. The van der Waals surface area contributed by atoms with Gasteiger partial charge in [0.2, 0.25) is 5.95 Å². The van der Waals surface area contributed by atoms with Gasteiger partial charge in [0.05, 0.1) is 17.4 Å². The molecule has 15 heavy (non-hydrogen) atoms. The number of nitrogens with two attached hydrogens (primary N) is 1. The molecule has 4 nitrogen and oxygen atoms in total. The molecule has 0 radical (unpaired) electrons. The maximum Gasteiger partial charge on any atom is 0.222 e. The van der Waals surface area contributed by atoms with E-state index in [0.29, 0.717) is 17.5 Å². The number of anilines is 1. The molecule has 0 saturated carbocycles. The van der Waals surface area contributed by atoms with Gasteiger partial charge in [-0.15, -0.1) is 0 Å². The van der Waals surface area contributed by atoms with Gasteiger partial charge in [0.1, 0.15) is 0 Å². The molecule has 0 fully saturated rings. The van der Waals surface area contributed by atoms with E-state index >= 15 is 0 Å². The Kier molecular flexibility index (Phi) is 4.29. The predicted molar refractivity (Wildman–Crippen MR) is 63.0 cm³/mol. The third kappa shape index (κ3) is 4.44. The fraction of sp³-hybridized carbons (Fsp3) is 0.600. The van der Waals surface area contributed by atoms with E-state index in [9.17, 15) is 0 Å². The van der Waals surface area contributed by atoms with Crippen molar-refractivity contribution in [2.75, 3.05) is 18.4 Å². The summed E-state index contributed by atoms with van der Waals surface area (Å²) in [6, 6.07) is 0. The summed E-state index contributed by atoms with van der Waals surface area (Å²) < 4.78 is 0. The third-order valence-corrected chi connectivity index (χ3v) is 2.36. The lowest BCUT2D eigenvalue weighted by atomic mass is 9.89. The maximum atomic E-state index is 5.68. The van der Waals surface area contributed by atoms with Crippen LogP contribution < -0.4 is 11.1 Å². The number of halogens is 1. The molecule has 0 bridgehead atoms. The topological polar surface area (TPSA) is 63.8 Å². The minimum Gasteiger partial charge on any atom is -0.354 e. The number of nitrogens with zero attached hydrogens (tertiary/aromatic N) is 2. The Labute approximate surface area is 95.3 Å². The molecule has 0 aliphatic carbocycles. The minimum absolute atomic E-state index is 0.151. The first-order chi connectivity index (χ1) is 7.03. The zero-order chi connectivity index (χ0) is 11.3. The number of hydrogen-bond donors (Lipinski definition) is 2. The van der Waals surface area contributed by atoms with E-state index in [2.05, 4.69) is 29.1 Å². The van der Waals surface area contributed by atoms with Crippen molar-refractivity contribution in [3.8, 4) is 0 Å². The second-order valence-electron chi connectivity index (χ2n) is 4.28. The van der Waals surface area contributed by atoms with E-state index in [1.165, 1.54) is 0 Å². The van der Waals surface area contributed by atoms with Gasteiger partial charge in [0.15, 0.2) is 0 Å². The molecule has 0 unspecified atom stereocenters. The van der Waals surface area contributed by atoms with Crippen LogP contribution in [0.1, 0.15) is 20.3 Å². The van der Waals surface area contributed by atoms with Gasteiger partial charge in [0, 0.05) is 6.54 Å². The smallest absolute Gasteiger partial charge is 0.222 e. The Bertz CT molecular complexity index is 297. The van der Waals surface area contributed by atoms with Gasteiger partial charge >= 0.3 is 0 Å². The summed E-state index contributed by atoms with van der Waals surface area (Å²) in [6.07, 6.45) is 4.12. The molecule has 1 rings (SSSR count). The number of hydrogen-bond acceptors (Lipinski definition) is 4. The lowest BCUT2D eigenvalue weighted by Gasteiger charge is -2.23. The molecule has 0 atom stereocenters. The van der Waals surface area contributed by atoms with Crippen LogP contribution in [0.2, 0.25) is 5.02 Å². The molecule has 0 aliphatic rings. The normalized spacial score (nSPS) is 11.5. The summed E-state index contributed by atoms with van der Waals surface area (Å²) in [6.45, 7) is 5.80. The molecular formula is C10H17ClN4. The molecule has 1 aromatic heterocycles.